The number of carbonyl (C=O) groups excluding carboxylic acids is 5. The van der Waals surface area contributed by atoms with Crippen LogP contribution >= 0.6 is 12.4 Å². The lowest BCUT2D eigenvalue weighted by atomic mass is 9.87. The van der Waals surface area contributed by atoms with Gasteiger partial charge in [-0.15, -0.1) is 12.4 Å². The number of unbranched alkanes of at least 4 members (excludes halogenated alkanes) is 1. The predicted molar refractivity (Wildman–Crippen MR) is 151 cm³/mol. The minimum atomic E-state index is -2.91. The minimum absolute atomic E-state index is 0. The van der Waals surface area contributed by atoms with Crippen molar-refractivity contribution >= 4 is 47.6 Å². The molecule has 41 heavy (non-hydrogen) atoms. The molecule has 1 fully saturated rings. The van der Waals surface area contributed by atoms with Gasteiger partial charge < -0.3 is 43.0 Å². The summed E-state index contributed by atoms with van der Waals surface area (Å²) in [6.07, 6.45) is -1.21. The quantitative estimate of drug-likeness (QED) is 0.0758. The van der Waals surface area contributed by atoms with Crippen molar-refractivity contribution in [1.29, 1.82) is 0 Å². The maximum Gasteiger partial charge on any atom is 0.261 e. The van der Waals surface area contributed by atoms with Crippen molar-refractivity contribution in [2.45, 2.75) is 55.6 Å². The van der Waals surface area contributed by atoms with Crippen molar-refractivity contribution in [3.05, 3.63) is 66.2 Å². The molecule has 10 N–H and O–H groups in total. The number of hydrogen-bond acceptors (Lipinski definition) is 8. The predicted octanol–water partition coefficient (Wildman–Crippen LogP) is -1.14. The number of primary amides is 2. The summed E-state index contributed by atoms with van der Waals surface area (Å²) >= 11 is 0. The number of aliphatic hydroxyl groups is 1. The number of amides is 5. The molecule has 2 aromatic carbocycles. The molecule has 222 valence electrons. The molecule has 0 bridgehead atoms. The van der Waals surface area contributed by atoms with E-state index in [-0.39, 0.29) is 18.8 Å². The highest BCUT2D eigenvalue weighted by Gasteiger charge is 2.54. The van der Waals surface area contributed by atoms with Gasteiger partial charge in [-0.05, 0) is 49.9 Å². The highest BCUT2D eigenvalue weighted by Crippen LogP contribution is 2.25. The standard InChI is InChI=1S/C27H34N6O7.ClH/c28-14-8-7-13-18(22(34)31-17-11-5-2-6-12-17)32-23(35)20-21(40-20)24(36)33-19(15-16-9-3-1-4-10-16)27(39,25(29)37)26(30)38;/h1-6,9-12,18-21,39H,7-8,13-15,28H2,(H2,29,37)(H2,30,38)(H,31,34)(H,32,35)(H,33,36);1H/t18?,19-,20-,21-;/m0./s1. The van der Waals surface area contributed by atoms with E-state index in [0.29, 0.717) is 37.1 Å². The molecule has 1 unspecified atom stereocenters. The third-order valence-electron chi connectivity index (χ3n) is 6.48. The van der Waals surface area contributed by atoms with Crippen LogP contribution < -0.4 is 33.2 Å². The lowest BCUT2D eigenvalue weighted by molar-refractivity contribution is -0.153. The highest BCUT2D eigenvalue weighted by molar-refractivity contribution is 6.08. The number of benzene rings is 2. The van der Waals surface area contributed by atoms with Crippen molar-refractivity contribution < 1.29 is 33.8 Å². The van der Waals surface area contributed by atoms with Gasteiger partial charge in [0.15, 0.2) is 12.2 Å². The van der Waals surface area contributed by atoms with Gasteiger partial charge in [-0.25, -0.2) is 0 Å². The summed E-state index contributed by atoms with van der Waals surface area (Å²) in [7, 11) is 0. The van der Waals surface area contributed by atoms with Gasteiger partial charge >= 0.3 is 0 Å². The third kappa shape index (κ3) is 8.72. The number of halogens is 1. The molecule has 0 aromatic heterocycles. The second-order valence-corrected chi connectivity index (χ2v) is 9.42. The molecule has 0 radical (unpaired) electrons. The van der Waals surface area contributed by atoms with Crippen LogP contribution in [-0.4, -0.2) is 71.1 Å². The van der Waals surface area contributed by atoms with E-state index in [1.165, 1.54) is 0 Å². The van der Waals surface area contributed by atoms with Gasteiger partial charge in [0.2, 0.25) is 11.5 Å². The molecule has 3 rings (SSSR count). The zero-order valence-corrected chi connectivity index (χ0v) is 23.0. The lowest BCUT2D eigenvalue weighted by Gasteiger charge is -2.31. The zero-order valence-electron chi connectivity index (χ0n) is 22.2. The monoisotopic (exact) mass is 590 g/mol. The zero-order chi connectivity index (χ0) is 29.3. The summed E-state index contributed by atoms with van der Waals surface area (Å²) in [6.45, 7) is 0.419. The molecule has 1 saturated heterocycles. The molecule has 1 aliphatic heterocycles. The van der Waals surface area contributed by atoms with Gasteiger partial charge in [-0.3, -0.25) is 24.0 Å². The Morgan fingerprint density at radius 3 is 1.93 bits per heavy atom. The molecule has 13 nitrogen and oxygen atoms in total. The summed E-state index contributed by atoms with van der Waals surface area (Å²) < 4.78 is 5.26. The molecule has 1 heterocycles. The summed E-state index contributed by atoms with van der Waals surface area (Å²) in [6, 6.07) is 14.6. The van der Waals surface area contributed by atoms with Crippen molar-refractivity contribution in [2.24, 2.45) is 17.2 Å². The molecular weight excluding hydrogens is 556 g/mol. The molecule has 5 amide bonds. The van der Waals surface area contributed by atoms with E-state index >= 15 is 0 Å². The van der Waals surface area contributed by atoms with Crippen LogP contribution in [0.15, 0.2) is 60.7 Å². The van der Waals surface area contributed by atoms with Crippen molar-refractivity contribution in [3.63, 3.8) is 0 Å². The number of para-hydroxylation sites is 1. The minimum Gasteiger partial charge on any atom is -0.370 e. The SMILES string of the molecule is Cl.NCCCCC(NC(=O)[C@H]1O[C@@H]1C(=O)N[C@@H](Cc1ccccc1)C(O)(C(N)=O)C(N)=O)C(=O)Nc1ccccc1. The first-order valence-corrected chi connectivity index (χ1v) is 12.8. The summed E-state index contributed by atoms with van der Waals surface area (Å²) in [5.41, 5.74) is 14.3. The number of nitrogens with two attached hydrogens (primary N) is 3. The number of ether oxygens (including phenoxy) is 1. The Balaban J connectivity index is 0.00000588. The normalized spacial score (nSPS) is 17.2. The summed E-state index contributed by atoms with van der Waals surface area (Å²) in [4.78, 5) is 62.8. The van der Waals surface area contributed by atoms with Crippen LogP contribution in [0.2, 0.25) is 0 Å². The summed E-state index contributed by atoms with van der Waals surface area (Å²) in [5, 5.41) is 18.5. The molecule has 14 heteroatoms. The number of anilines is 1. The fourth-order valence-corrected chi connectivity index (χ4v) is 4.15. The molecule has 0 saturated carbocycles. The van der Waals surface area contributed by atoms with Crippen LogP contribution in [-0.2, 0) is 35.1 Å². The first kappa shape index (κ1) is 33.2. The molecule has 0 aliphatic carbocycles. The number of nitrogens with one attached hydrogen (secondary N) is 3. The van der Waals surface area contributed by atoms with Gasteiger partial charge in [-0.2, -0.15) is 0 Å². The van der Waals surface area contributed by atoms with E-state index in [0.717, 1.165) is 0 Å². The Morgan fingerprint density at radius 1 is 0.854 bits per heavy atom. The Hall–Kier alpha value is -4.04. The number of carbonyl (C=O) groups is 5. The van der Waals surface area contributed by atoms with Crippen molar-refractivity contribution in [3.8, 4) is 0 Å². The molecular formula is C27H35ClN6O7. The van der Waals surface area contributed by atoms with E-state index in [9.17, 15) is 29.1 Å². The Bertz CT molecular complexity index is 1200. The fraction of sp³-hybridized carbons (Fsp3) is 0.370. The topological polar surface area (TPSA) is 232 Å². The second kappa shape index (κ2) is 15.1. The van der Waals surface area contributed by atoms with Gasteiger partial charge in [0.1, 0.15) is 6.04 Å². The maximum absolute atomic E-state index is 13.0. The average Bonchev–Trinajstić information content (AvgIpc) is 3.74. The smallest absolute Gasteiger partial charge is 0.261 e. The lowest BCUT2D eigenvalue weighted by Crippen LogP contribution is -2.67. The number of rotatable bonds is 15. The molecule has 0 spiro atoms. The van der Waals surface area contributed by atoms with Crippen LogP contribution in [0.4, 0.5) is 5.69 Å². The van der Waals surface area contributed by atoms with Gasteiger partial charge in [-0.1, -0.05) is 48.5 Å². The fourth-order valence-electron chi connectivity index (χ4n) is 4.15. The maximum atomic E-state index is 13.0. The van der Waals surface area contributed by atoms with E-state index < -0.39 is 59.4 Å². The number of epoxide rings is 1. The van der Waals surface area contributed by atoms with E-state index in [4.69, 9.17) is 21.9 Å². The Kier molecular flexibility index (Phi) is 12.2. The Labute approximate surface area is 242 Å². The average molecular weight is 591 g/mol. The van der Waals surface area contributed by atoms with Crippen LogP contribution in [0.3, 0.4) is 0 Å². The van der Waals surface area contributed by atoms with E-state index in [1.807, 2.05) is 0 Å². The van der Waals surface area contributed by atoms with Crippen LogP contribution in [0, 0.1) is 0 Å². The van der Waals surface area contributed by atoms with Crippen molar-refractivity contribution in [2.75, 3.05) is 11.9 Å². The third-order valence-corrected chi connectivity index (χ3v) is 6.48. The summed E-state index contributed by atoms with van der Waals surface area (Å²) in [5.74, 6) is -4.93. The van der Waals surface area contributed by atoms with E-state index in [2.05, 4.69) is 16.0 Å². The van der Waals surface area contributed by atoms with Crippen molar-refractivity contribution in [1.82, 2.24) is 10.6 Å². The van der Waals surface area contributed by atoms with Gasteiger partial charge in [0.25, 0.3) is 23.6 Å². The molecule has 1 aliphatic rings. The van der Waals surface area contributed by atoms with Gasteiger partial charge in [0, 0.05) is 5.69 Å². The Morgan fingerprint density at radius 2 is 1.39 bits per heavy atom. The molecule has 4 atom stereocenters. The van der Waals surface area contributed by atoms with Gasteiger partial charge in [0.05, 0.1) is 6.04 Å². The first-order chi connectivity index (χ1) is 19.1. The first-order valence-electron chi connectivity index (χ1n) is 12.8. The van der Waals surface area contributed by atoms with Crippen LogP contribution in [0.25, 0.3) is 0 Å². The van der Waals surface area contributed by atoms with Crippen LogP contribution in [0.5, 0.6) is 0 Å². The molecule has 2 aromatic rings. The van der Waals surface area contributed by atoms with Crippen LogP contribution in [0.1, 0.15) is 24.8 Å². The number of hydrogen-bond donors (Lipinski definition) is 7. The highest BCUT2D eigenvalue weighted by atomic mass is 35.5. The van der Waals surface area contributed by atoms with E-state index in [1.54, 1.807) is 60.7 Å². The second-order valence-electron chi connectivity index (χ2n) is 9.42. The largest absolute Gasteiger partial charge is 0.370 e.